The number of methoxy groups -OCH3 is 2. The van der Waals surface area contributed by atoms with E-state index < -0.39 is 48.4 Å². The molecule has 11 nitrogen and oxygen atoms in total. The molecule has 1 fully saturated rings. The van der Waals surface area contributed by atoms with E-state index in [1.165, 1.54) is 31.4 Å². The fourth-order valence-corrected chi connectivity index (χ4v) is 4.48. The minimum Gasteiger partial charge on any atom is -0.496 e. The van der Waals surface area contributed by atoms with Gasteiger partial charge in [0.15, 0.2) is 5.78 Å². The van der Waals surface area contributed by atoms with Gasteiger partial charge in [0.25, 0.3) is 0 Å². The zero-order valence-corrected chi connectivity index (χ0v) is 21.9. The SMILES string of the molecule is C=CCOc1cc(OC)c(C(O)[C@H]2OC[C@@](O)(C(=O)OC)[C@@H](O)[C@@H]2O)cc1C(=O)C=Cc1ccc2occc2c1. The van der Waals surface area contributed by atoms with Crippen LogP contribution in [-0.4, -0.2) is 83.5 Å². The molecule has 0 amide bonds. The molecule has 1 unspecified atom stereocenters. The molecule has 0 radical (unpaired) electrons. The van der Waals surface area contributed by atoms with Crippen molar-refractivity contribution in [3.05, 3.63) is 78.1 Å². The van der Waals surface area contributed by atoms with Crippen LogP contribution >= 0.6 is 0 Å². The smallest absolute Gasteiger partial charge is 0.343 e. The third kappa shape index (κ3) is 5.51. The second kappa shape index (κ2) is 12.0. The standard InChI is InChI=1S/C29H30O11/c1-4-10-38-23-14-22(36-2)19(24(31)26-25(32)27(33)29(35,15-40-26)28(34)37-3)13-18(23)20(30)7-5-16-6-8-21-17(12-16)9-11-39-21/h4-9,11-14,24-27,31-33,35H,1,10,15H2,2-3H3/t24?,25-,26-,27+,29+/m1/s1. The summed E-state index contributed by atoms with van der Waals surface area (Å²) in [5.41, 5.74) is -0.989. The summed E-state index contributed by atoms with van der Waals surface area (Å²) in [6.45, 7) is 2.93. The number of hydrogen-bond acceptors (Lipinski definition) is 11. The Kier molecular flexibility index (Phi) is 8.72. The first-order valence-electron chi connectivity index (χ1n) is 12.3. The minimum atomic E-state index is -2.54. The fraction of sp³-hybridized carbons (Fsp3) is 0.310. The Balaban J connectivity index is 1.67. The highest BCUT2D eigenvalue weighted by Gasteiger charge is 2.56. The monoisotopic (exact) mass is 554 g/mol. The average Bonchev–Trinajstić information content (AvgIpc) is 3.44. The van der Waals surface area contributed by atoms with Crippen LogP contribution in [-0.2, 0) is 14.3 Å². The molecule has 0 spiro atoms. The molecule has 1 saturated heterocycles. The van der Waals surface area contributed by atoms with Crippen molar-refractivity contribution in [2.24, 2.45) is 0 Å². The van der Waals surface area contributed by atoms with E-state index in [4.69, 9.17) is 18.6 Å². The van der Waals surface area contributed by atoms with E-state index in [9.17, 15) is 30.0 Å². The van der Waals surface area contributed by atoms with Crippen LogP contribution in [0.15, 0.2) is 65.8 Å². The van der Waals surface area contributed by atoms with E-state index >= 15 is 0 Å². The molecule has 40 heavy (non-hydrogen) atoms. The van der Waals surface area contributed by atoms with Gasteiger partial charge in [-0.2, -0.15) is 0 Å². The Labute approximate surface area is 229 Å². The van der Waals surface area contributed by atoms with Crippen molar-refractivity contribution in [2.75, 3.05) is 27.4 Å². The van der Waals surface area contributed by atoms with Crippen molar-refractivity contribution in [1.29, 1.82) is 0 Å². The van der Waals surface area contributed by atoms with Gasteiger partial charge in [-0.05, 0) is 35.9 Å². The number of aliphatic hydroxyl groups is 4. The van der Waals surface area contributed by atoms with Crippen molar-refractivity contribution in [3.63, 3.8) is 0 Å². The molecule has 1 aromatic heterocycles. The van der Waals surface area contributed by atoms with E-state index in [0.717, 1.165) is 18.1 Å². The van der Waals surface area contributed by atoms with Crippen LogP contribution in [0.3, 0.4) is 0 Å². The molecular weight excluding hydrogens is 524 g/mol. The van der Waals surface area contributed by atoms with E-state index in [0.29, 0.717) is 5.58 Å². The first-order chi connectivity index (χ1) is 19.1. The molecule has 3 aromatic rings. The predicted octanol–water partition coefficient (Wildman–Crippen LogP) is 1.96. The second-order valence-corrected chi connectivity index (χ2v) is 9.18. The Morgan fingerprint density at radius 3 is 2.65 bits per heavy atom. The van der Waals surface area contributed by atoms with Crippen LogP contribution in [0.5, 0.6) is 11.5 Å². The number of esters is 1. The summed E-state index contributed by atoms with van der Waals surface area (Å²) in [6, 6.07) is 9.96. The molecule has 1 aliphatic heterocycles. The molecule has 2 aromatic carbocycles. The number of benzene rings is 2. The molecule has 0 bridgehead atoms. The van der Waals surface area contributed by atoms with E-state index in [1.54, 1.807) is 30.5 Å². The molecular formula is C29H30O11. The average molecular weight is 555 g/mol. The number of aliphatic hydroxyl groups excluding tert-OH is 3. The van der Waals surface area contributed by atoms with Crippen LogP contribution in [0, 0.1) is 0 Å². The lowest BCUT2D eigenvalue weighted by atomic mass is 9.84. The highest BCUT2D eigenvalue weighted by molar-refractivity contribution is 6.09. The van der Waals surface area contributed by atoms with Gasteiger partial charge in [-0.15, -0.1) is 0 Å². The quantitative estimate of drug-likeness (QED) is 0.125. The van der Waals surface area contributed by atoms with Crippen LogP contribution in [0.1, 0.15) is 27.6 Å². The number of allylic oxidation sites excluding steroid dienone is 1. The molecule has 5 atom stereocenters. The lowest BCUT2D eigenvalue weighted by Crippen LogP contribution is -2.66. The normalized spacial score (nSPS) is 23.6. The summed E-state index contributed by atoms with van der Waals surface area (Å²) >= 11 is 0. The van der Waals surface area contributed by atoms with Crippen LogP contribution in [0.2, 0.25) is 0 Å². The van der Waals surface area contributed by atoms with E-state index in [1.807, 2.05) is 6.07 Å². The van der Waals surface area contributed by atoms with Crippen molar-refractivity contribution < 1.29 is 53.4 Å². The number of rotatable bonds is 10. The first kappa shape index (κ1) is 29.0. The minimum absolute atomic E-state index is 0.0322. The number of carbonyl (C=O) groups is 2. The van der Waals surface area contributed by atoms with Crippen LogP contribution in [0.25, 0.3) is 17.0 Å². The number of hydrogen-bond donors (Lipinski definition) is 4. The molecule has 2 heterocycles. The van der Waals surface area contributed by atoms with Gasteiger partial charge in [0.05, 0.1) is 32.7 Å². The highest BCUT2D eigenvalue weighted by atomic mass is 16.6. The van der Waals surface area contributed by atoms with Crippen molar-refractivity contribution in [2.45, 2.75) is 30.0 Å². The van der Waals surface area contributed by atoms with Crippen molar-refractivity contribution >= 4 is 28.8 Å². The summed E-state index contributed by atoms with van der Waals surface area (Å²) < 4.78 is 26.4. The van der Waals surface area contributed by atoms with Gasteiger partial charge in [-0.25, -0.2) is 4.79 Å². The number of ketones is 1. The number of carbonyl (C=O) groups excluding carboxylic acids is 2. The van der Waals surface area contributed by atoms with Gasteiger partial charge in [-0.3, -0.25) is 4.79 Å². The molecule has 0 saturated carbocycles. The summed E-state index contributed by atoms with van der Waals surface area (Å²) in [6.07, 6.45) is -1.09. The summed E-state index contributed by atoms with van der Waals surface area (Å²) in [7, 11) is 2.34. The molecule has 4 rings (SSSR count). The fourth-order valence-electron chi connectivity index (χ4n) is 4.48. The Morgan fingerprint density at radius 1 is 1.18 bits per heavy atom. The van der Waals surface area contributed by atoms with Gasteiger partial charge in [0.1, 0.15) is 48.1 Å². The van der Waals surface area contributed by atoms with Crippen molar-refractivity contribution in [3.8, 4) is 11.5 Å². The highest BCUT2D eigenvalue weighted by Crippen LogP contribution is 2.39. The maximum absolute atomic E-state index is 13.3. The second-order valence-electron chi connectivity index (χ2n) is 9.18. The zero-order valence-electron chi connectivity index (χ0n) is 21.9. The van der Waals surface area contributed by atoms with Gasteiger partial charge < -0.3 is 43.8 Å². The molecule has 1 aliphatic rings. The number of ether oxygens (including phenoxy) is 4. The van der Waals surface area contributed by atoms with Crippen LogP contribution < -0.4 is 9.47 Å². The molecule has 212 valence electrons. The maximum Gasteiger partial charge on any atom is 0.343 e. The first-order valence-corrected chi connectivity index (χ1v) is 12.3. The third-order valence-corrected chi connectivity index (χ3v) is 6.67. The molecule has 0 aliphatic carbocycles. The predicted molar refractivity (Wildman–Crippen MR) is 142 cm³/mol. The largest absolute Gasteiger partial charge is 0.496 e. The lowest BCUT2D eigenvalue weighted by Gasteiger charge is -2.42. The lowest BCUT2D eigenvalue weighted by molar-refractivity contribution is -0.255. The van der Waals surface area contributed by atoms with Gasteiger partial charge in [0, 0.05) is 17.0 Å². The summed E-state index contributed by atoms with van der Waals surface area (Å²) in [5, 5.41) is 43.7. The van der Waals surface area contributed by atoms with E-state index in [2.05, 4.69) is 11.3 Å². The number of furan rings is 1. The van der Waals surface area contributed by atoms with E-state index in [-0.39, 0.29) is 29.2 Å². The molecule has 4 N–H and O–H groups in total. The number of fused-ring (bicyclic) bond motifs is 1. The third-order valence-electron chi connectivity index (χ3n) is 6.67. The maximum atomic E-state index is 13.3. The topological polar surface area (TPSA) is 165 Å². The van der Waals surface area contributed by atoms with Crippen LogP contribution in [0.4, 0.5) is 0 Å². The zero-order chi connectivity index (χ0) is 29.0. The molecule has 11 heteroatoms. The van der Waals surface area contributed by atoms with Crippen molar-refractivity contribution in [1.82, 2.24) is 0 Å². The van der Waals surface area contributed by atoms with Gasteiger partial charge in [-0.1, -0.05) is 24.8 Å². The Morgan fingerprint density at radius 2 is 1.95 bits per heavy atom. The Hall–Kier alpha value is -4.00. The summed E-state index contributed by atoms with van der Waals surface area (Å²) in [4.78, 5) is 25.3. The van der Waals surface area contributed by atoms with Gasteiger partial charge >= 0.3 is 5.97 Å². The summed E-state index contributed by atoms with van der Waals surface area (Å²) in [5.74, 6) is -1.43. The van der Waals surface area contributed by atoms with Gasteiger partial charge in [0.2, 0.25) is 5.60 Å². The Bertz CT molecular complexity index is 1420.